The van der Waals surface area contributed by atoms with Crippen molar-refractivity contribution >= 4 is 16.6 Å². The number of halogens is 2. The van der Waals surface area contributed by atoms with Gasteiger partial charge in [0.1, 0.15) is 11.6 Å². The zero-order chi connectivity index (χ0) is 15.4. The average molecular weight is 300 g/mol. The van der Waals surface area contributed by atoms with Gasteiger partial charge in [0.05, 0.1) is 10.9 Å². The molecule has 1 aromatic heterocycles. The predicted molar refractivity (Wildman–Crippen MR) is 83.6 cm³/mol. The molecule has 0 unspecified atom stereocenters. The van der Waals surface area contributed by atoms with Crippen molar-refractivity contribution in [2.45, 2.75) is 38.5 Å². The van der Waals surface area contributed by atoms with Crippen molar-refractivity contribution in [3.63, 3.8) is 0 Å². The van der Waals surface area contributed by atoms with Crippen molar-refractivity contribution in [1.29, 1.82) is 0 Å². The Morgan fingerprint density at radius 2 is 2.09 bits per heavy atom. The van der Waals surface area contributed by atoms with E-state index < -0.39 is 11.6 Å². The van der Waals surface area contributed by atoms with E-state index in [0.717, 1.165) is 43.0 Å². The van der Waals surface area contributed by atoms with E-state index in [0.29, 0.717) is 23.0 Å². The lowest BCUT2D eigenvalue weighted by molar-refractivity contribution is 0.429. The van der Waals surface area contributed by atoms with Crippen LogP contribution in [0.2, 0.25) is 0 Å². The first-order chi connectivity index (χ1) is 10.6. The van der Waals surface area contributed by atoms with Crippen LogP contribution in [0, 0.1) is 17.6 Å². The van der Waals surface area contributed by atoms with Gasteiger partial charge in [0, 0.05) is 29.1 Å². The highest BCUT2D eigenvalue weighted by molar-refractivity contribution is 5.93. The molecule has 114 valence electrons. The van der Waals surface area contributed by atoms with Crippen LogP contribution >= 0.6 is 0 Å². The fraction of sp³-hybridized carbons (Fsp3) is 0.389. The summed E-state index contributed by atoms with van der Waals surface area (Å²) in [5.74, 6) is -0.438. The van der Waals surface area contributed by atoms with Crippen molar-refractivity contribution in [2.75, 3.05) is 5.73 Å². The predicted octanol–water partition coefficient (Wildman–Crippen LogP) is 4.48. The molecule has 0 saturated heterocycles. The minimum absolute atomic E-state index is 0.270. The Bertz CT molecular complexity index is 811. The maximum absolute atomic E-state index is 14.2. The van der Waals surface area contributed by atoms with Crippen molar-refractivity contribution in [2.24, 2.45) is 5.92 Å². The van der Waals surface area contributed by atoms with Gasteiger partial charge in [-0.2, -0.15) is 0 Å². The lowest BCUT2D eigenvalue weighted by Crippen LogP contribution is -2.24. The fourth-order valence-electron chi connectivity index (χ4n) is 4.13. The van der Waals surface area contributed by atoms with Gasteiger partial charge in [-0.25, -0.2) is 8.78 Å². The fourth-order valence-corrected chi connectivity index (χ4v) is 4.13. The molecule has 4 heteroatoms. The van der Waals surface area contributed by atoms with E-state index in [2.05, 4.69) is 18.0 Å². The lowest BCUT2D eigenvalue weighted by atomic mass is 9.70. The Kier molecular flexibility index (Phi) is 2.96. The number of aromatic nitrogens is 1. The molecule has 4 rings (SSSR count). The molecule has 0 amide bonds. The summed E-state index contributed by atoms with van der Waals surface area (Å²) < 4.78 is 27.6. The number of nitrogens with zero attached hydrogens (tertiary/aromatic N) is 1. The zero-order valence-electron chi connectivity index (χ0n) is 12.5. The Hall–Kier alpha value is -1.97. The van der Waals surface area contributed by atoms with Gasteiger partial charge in [0.15, 0.2) is 0 Å². The van der Waals surface area contributed by atoms with E-state index in [1.165, 1.54) is 11.6 Å². The van der Waals surface area contributed by atoms with Gasteiger partial charge in [-0.3, -0.25) is 4.98 Å². The molecule has 0 radical (unpaired) electrons. The summed E-state index contributed by atoms with van der Waals surface area (Å²) >= 11 is 0. The summed E-state index contributed by atoms with van der Waals surface area (Å²) in [5.41, 5.74) is 10.4. The summed E-state index contributed by atoms with van der Waals surface area (Å²) in [6, 6.07) is 2.16. The molecule has 0 aliphatic heterocycles. The molecule has 2 aliphatic rings. The smallest absolute Gasteiger partial charge is 0.137 e. The van der Waals surface area contributed by atoms with Gasteiger partial charge in [-0.1, -0.05) is 18.6 Å². The number of anilines is 1. The van der Waals surface area contributed by atoms with Crippen LogP contribution < -0.4 is 5.73 Å². The molecular formula is C18H18F2N2. The highest BCUT2D eigenvalue weighted by atomic mass is 19.1. The topological polar surface area (TPSA) is 38.9 Å². The number of benzene rings is 1. The summed E-state index contributed by atoms with van der Waals surface area (Å²) in [6.07, 6.45) is 6.24. The Labute approximate surface area is 128 Å². The molecule has 2 aliphatic carbocycles. The van der Waals surface area contributed by atoms with Crippen molar-refractivity contribution in [1.82, 2.24) is 4.98 Å². The summed E-state index contributed by atoms with van der Waals surface area (Å²) in [5, 5.41) is 0.270. The van der Waals surface area contributed by atoms with Crippen LogP contribution in [-0.2, 0) is 6.42 Å². The van der Waals surface area contributed by atoms with Crippen molar-refractivity contribution in [3.05, 3.63) is 46.7 Å². The molecule has 2 bridgehead atoms. The minimum Gasteiger partial charge on any atom is -0.398 e. The highest BCUT2D eigenvalue weighted by Gasteiger charge is 2.33. The standard InChI is InChI=1S/C18H18F2N2/c1-2-9-3-10-5-11(4-9)16-14(6-10)22-15-8-12(19)7-13(20)17(15)18(16)21/h3,7-8,10-11H,2,4-6H2,1H3,(H2,21,22)/t10-,11+/m0/s1. The molecule has 2 nitrogen and oxygen atoms in total. The van der Waals surface area contributed by atoms with Gasteiger partial charge in [0.25, 0.3) is 0 Å². The second-order valence-electron chi connectivity index (χ2n) is 6.45. The third kappa shape index (κ3) is 1.93. The summed E-state index contributed by atoms with van der Waals surface area (Å²) in [6.45, 7) is 2.16. The van der Waals surface area contributed by atoms with Gasteiger partial charge < -0.3 is 5.73 Å². The van der Waals surface area contributed by atoms with E-state index >= 15 is 0 Å². The Balaban J connectivity index is 1.95. The minimum atomic E-state index is -0.619. The number of hydrogen-bond donors (Lipinski definition) is 1. The third-order valence-electron chi connectivity index (χ3n) is 5.05. The Morgan fingerprint density at radius 1 is 1.27 bits per heavy atom. The highest BCUT2D eigenvalue weighted by Crippen LogP contribution is 2.47. The van der Waals surface area contributed by atoms with E-state index in [1.807, 2.05) is 0 Å². The number of pyridine rings is 1. The number of hydrogen-bond acceptors (Lipinski definition) is 2. The van der Waals surface area contributed by atoms with Crippen LogP contribution in [0.3, 0.4) is 0 Å². The van der Waals surface area contributed by atoms with E-state index in [9.17, 15) is 8.78 Å². The maximum Gasteiger partial charge on any atom is 0.137 e. The van der Waals surface area contributed by atoms with Crippen molar-refractivity contribution in [3.8, 4) is 0 Å². The number of fused-ring (bicyclic) bond motifs is 5. The number of allylic oxidation sites excluding steroid dienone is 2. The summed E-state index contributed by atoms with van der Waals surface area (Å²) in [4.78, 5) is 4.54. The monoisotopic (exact) mass is 300 g/mol. The maximum atomic E-state index is 14.2. The molecule has 0 fully saturated rings. The largest absolute Gasteiger partial charge is 0.398 e. The zero-order valence-corrected chi connectivity index (χ0v) is 12.5. The first-order valence-electron chi connectivity index (χ1n) is 7.83. The van der Waals surface area contributed by atoms with Gasteiger partial charge in [0.2, 0.25) is 0 Å². The second kappa shape index (κ2) is 4.77. The normalized spacial score (nSPS) is 23.3. The second-order valence-corrected chi connectivity index (χ2v) is 6.45. The van der Waals surface area contributed by atoms with Crippen molar-refractivity contribution < 1.29 is 8.78 Å². The molecular weight excluding hydrogens is 282 g/mol. The van der Waals surface area contributed by atoms with Crippen LogP contribution in [-0.4, -0.2) is 4.98 Å². The Morgan fingerprint density at radius 3 is 2.86 bits per heavy atom. The number of nitrogens with two attached hydrogens (primary N) is 1. The van der Waals surface area contributed by atoms with Gasteiger partial charge >= 0.3 is 0 Å². The average Bonchev–Trinajstić information content (AvgIpc) is 2.45. The van der Waals surface area contributed by atoms with E-state index in [-0.39, 0.29) is 5.39 Å². The molecule has 2 N–H and O–H groups in total. The van der Waals surface area contributed by atoms with Crippen LogP contribution in [0.15, 0.2) is 23.8 Å². The molecule has 1 heterocycles. The molecule has 22 heavy (non-hydrogen) atoms. The molecule has 1 aromatic carbocycles. The summed E-state index contributed by atoms with van der Waals surface area (Å²) in [7, 11) is 0. The van der Waals surface area contributed by atoms with Gasteiger partial charge in [-0.15, -0.1) is 0 Å². The van der Waals surface area contributed by atoms with E-state index in [1.54, 1.807) is 0 Å². The number of nitrogen functional groups attached to an aromatic ring is 1. The SMILES string of the molecule is CCC1=C[C@@H]2Cc3nc4cc(F)cc(F)c4c(N)c3[C@H](C1)C2. The number of rotatable bonds is 1. The van der Waals surface area contributed by atoms with Crippen LogP contribution in [0.25, 0.3) is 10.9 Å². The quantitative estimate of drug-likeness (QED) is 0.789. The van der Waals surface area contributed by atoms with Crippen LogP contribution in [0.4, 0.5) is 14.5 Å². The molecule has 0 spiro atoms. The lowest BCUT2D eigenvalue weighted by Gasteiger charge is -2.35. The first-order valence-corrected chi connectivity index (χ1v) is 7.83. The molecule has 2 atom stereocenters. The third-order valence-corrected chi connectivity index (χ3v) is 5.05. The van der Waals surface area contributed by atoms with E-state index in [4.69, 9.17) is 5.73 Å². The molecule has 0 saturated carbocycles. The van der Waals surface area contributed by atoms with Crippen LogP contribution in [0.1, 0.15) is 43.4 Å². The first kappa shape index (κ1) is 13.7. The molecule has 2 aromatic rings. The van der Waals surface area contributed by atoms with Gasteiger partial charge in [-0.05, 0) is 37.5 Å². The van der Waals surface area contributed by atoms with Crippen LogP contribution in [0.5, 0.6) is 0 Å².